The SMILES string of the molecule is Cc1cc2c(cc1S(=O)(=O)N1CCC(C(=O)N3CCCC[C@@H]3C)CC1)OCC(=O)N2. The van der Waals surface area contributed by atoms with Crippen molar-refractivity contribution in [2.75, 3.05) is 31.6 Å². The molecule has 1 atom stereocenters. The summed E-state index contributed by atoms with van der Waals surface area (Å²) in [7, 11) is -3.71. The molecule has 8 nitrogen and oxygen atoms in total. The average Bonchev–Trinajstić information content (AvgIpc) is 2.73. The summed E-state index contributed by atoms with van der Waals surface area (Å²) in [5, 5.41) is 2.70. The van der Waals surface area contributed by atoms with E-state index in [0.717, 1.165) is 25.8 Å². The fraction of sp³-hybridized carbons (Fsp3) is 0.619. The van der Waals surface area contributed by atoms with E-state index in [1.54, 1.807) is 13.0 Å². The van der Waals surface area contributed by atoms with Gasteiger partial charge in [-0.2, -0.15) is 4.31 Å². The number of nitrogens with one attached hydrogen (secondary N) is 1. The third kappa shape index (κ3) is 3.92. The smallest absolute Gasteiger partial charge is 0.262 e. The second kappa shape index (κ2) is 8.19. The Balaban J connectivity index is 1.47. The Morgan fingerprint density at radius 1 is 1.13 bits per heavy atom. The van der Waals surface area contributed by atoms with Crippen LogP contribution in [0.15, 0.2) is 17.0 Å². The van der Waals surface area contributed by atoms with E-state index in [0.29, 0.717) is 42.9 Å². The van der Waals surface area contributed by atoms with Crippen molar-refractivity contribution >= 4 is 27.5 Å². The van der Waals surface area contributed by atoms with Crippen LogP contribution in [0.2, 0.25) is 0 Å². The van der Waals surface area contributed by atoms with Crippen LogP contribution in [-0.4, -0.2) is 61.7 Å². The number of amides is 2. The molecule has 1 aromatic rings. The maximum atomic E-state index is 13.3. The molecule has 1 N–H and O–H groups in total. The quantitative estimate of drug-likeness (QED) is 0.785. The average molecular weight is 436 g/mol. The second-order valence-electron chi connectivity index (χ2n) is 8.51. The summed E-state index contributed by atoms with van der Waals surface area (Å²) >= 11 is 0. The van der Waals surface area contributed by atoms with Gasteiger partial charge in [0.1, 0.15) is 5.75 Å². The minimum absolute atomic E-state index is 0.111. The third-order valence-corrected chi connectivity index (χ3v) is 8.46. The first-order valence-electron chi connectivity index (χ1n) is 10.7. The summed E-state index contributed by atoms with van der Waals surface area (Å²) in [5.74, 6) is 0.170. The molecule has 0 unspecified atom stereocenters. The number of piperidine rings is 2. The van der Waals surface area contributed by atoms with E-state index in [9.17, 15) is 18.0 Å². The monoisotopic (exact) mass is 435 g/mol. The van der Waals surface area contributed by atoms with Crippen LogP contribution in [0.1, 0.15) is 44.6 Å². The molecule has 9 heteroatoms. The van der Waals surface area contributed by atoms with Crippen molar-refractivity contribution in [1.82, 2.24) is 9.21 Å². The first-order chi connectivity index (χ1) is 14.3. The van der Waals surface area contributed by atoms with E-state index < -0.39 is 10.0 Å². The lowest BCUT2D eigenvalue weighted by Crippen LogP contribution is -2.48. The van der Waals surface area contributed by atoms with Gasteiger partial charge in [-0.3, -0.25) is 9.59 Å². The maximum Gasteiger partial charge on any atom is 0.262 e. The topological polar surface area (TPSA) is 96.0 Å². The van der Waals surface area contributed by atoms with Crippen LogP contribution in [0, 0.1) is 12.8 Å². The molecule has 3 aliphatic rings. The molecular formula is C21H29N3O5S. The van der Waals surface area contributed by atoms with Crippen LogP contribution in [0.4, 0.5) is 5.69 Å². The van der Waals surface area contributed by atoms with Gasteiger partial charge in [-0.15, -0.1) is 0 Å². The number of sulfonamides is 1. The van der Waals surface area contributed by atoms with Crippen LogP contribution < -0.4 is 10.1 Å². The minimum atomic E-state index is -3.71. The maximum absolute atomic E-state index is 13.3. The van der Waals surface area contributed by atoms with Crippen LogP contribution in [0.5, 0.6) is 5.75 Å². The summed E-state index contributed by atoms with van der Waals surface area (Å²) in [5.41, 5.74) is 1.04. The standard InChI is InChI=1S/C21H29N3O5S/c1-14-11-17-18(29-13-20(25)22-17)12-19(14)30(27,28)23-9-6-16(7-10-23)21(26)24-8-4-3-5-15(24)2/h11-12,15-16H,3-10,13H2,1-2H3,(H,22,25)/t15-/m0/s1. The first kappa shape index (κ1) is 21.1. The van der Waals surface area contributed by atoms with E-state index in [1.165, 1.54) is 10.4 Å². The molecule has 2 saturated heterocycles. The predicted octanol–water partition coefficient (Wildman–Crippen LogP) is 2.13. The number of ether oxygens (including phenoxy) is 1. The van der Waals surface area contributed by atoms with Gasteiger partial charge in [-0.1, -0.05) is 0 Å². The largest absolute Gasteiger partial charge is 0.482 e. The van der Waals surface area contributed by atoms with Crippen LogP contribution >= 0.6 is 0 Å². The van der Waals surface area contributed by atoms with Crippen molar-refractivity contribution in [2.24, 2.45) is 5.92 Å². The van der Waals surface area contributed by atoms with Crippen molar-refractivity contribution in [3.8, 4) is 5.75 Å². The number of nitrogens with zero attached hydrogens (tertiary/aromatic N) is 2. The molecule has 1 aromatic carbocycles. The Labute approximate surface area is 177 Å². The van der Waals surface area contributed by atoms with Crippen LogP contribution in [0.3, 0.4) is 0 Å². The normalized spacial score (nSPS) is 23.5. The van der Waals surface area contributed by atoms with Crippen LogP contribution in [-0.2, 0) is 19.6 Å². The lowest BCUT2D eigenvalue weighted by molar-refractivity contribution is -0.140. The Bertz CT molecular complexity index is 954. The zero-order valence-corrected chi connectivity index (χ0v) is 18.3. The van der Waals surface area contributed by atoms with Gasteiger partial charge in [-0.05, 0) is 57.6 Å². The highest BCUT2D eigenvalue weighted by molar-refractivity contribution is 7.89. The molecule has 164 valence electrons. The summed E-state index contributed by atoms with van der Waals surface area (Å²) < 4.78 is 33.4. The molecule has 0 bridgehead atoms. The number of likely N-dealkylation sites (tertiary alicyclic amines) is 1. The van der Waals surface area contributed by atoms with Gasteiger partial charge in [0.05, 0.1) is 10.6 Å². The molecule has 3 heterocycles. The molecular weight excluding hydrogens is 406 g/mol. The molecule has 4 rings (SSSR count). The first-order valence-corrected chi connectivity index (χ1v) is 12.1. The van der Waals surface area contributed by atoms with E-state index in [4.69, 9.17) is 4.74 Å². The van der Waals surface area contributed by atoms with Gasteiger partial charge in [0, 0.05) is 37.7 Å². The molecule has 2 fully saturated rings. The number of benzene rings is 1. The molecule has 2 amide bonds. The van der Waals surface area contributed by atoms with Crippen molar-refractivity contribution in [2.45, 2.75) is 56.9 Å². The van der Waals surface area contributed by atoms with E-state index in [1.807, 2.05) is 4.90 Å². The predicted molar refractivity (Wildman–Crippen MR) is 112 cm³/mol. The Morgan fingerprint density at radius 3 is 2.57 bits per heavy atom. The lowest BCUT2D eigenvalue weighted by Gasteiger charge is -2.38. The molecule has 0 spiro atoms. The van der Waals surface area contributed by atoms with Crippen LogP contribution in [0.25, 0.3) is 0 Å². The zero-order chi connectivity index (χ0) is 21.5. The second-order valence-corrected chi connectivity index (χ2v) is 10.4. The Kier molecular flexibility index (Phi) is 5.76. The van der Waals surface area contributed by atoms with Crippen molar-refractivity contribution in [1.29, 1.82) is 0 Å². The number of fused-ring (bicyclic) bond motifs is 1. The van der Waals surface area contributed by atoms with Gasteiger partial charge in [0.2, 0.25) is 15.9 Å². The summed E-state index contributed by atoms with van der Waals surface area (Å²) in [6.07, 6.45) is 4.33. The van der Waals surface area contributed by atoms with Gasteiger partial charge in [0.25, 0.3) is 5.91 Å². The fourth-order valence-corrected chi connectivity index (χ4v) is 6.33. The highest BCUT2D eigenvalue weighted by atomic mass is 32.2. The number of anilines is 1. The highest BCUT2D eigenvalue weighted by Gasteiger charge is 2.36. The molecule has 0 aromatic heterocycles. The zero-order valence-electron chi connectivity index (χ0n) is 17.5. The Hall–Kier alpha value is -2.13. The lowest BCUT2D eigenvalue weighted by atomic mass is 9.94. The van der Waals surface area contributed by atoms with Crippen molar-refractivity contribution in [3.05, 3.63) is 17.7 Å². The van der Waals surface area contributed by atoms with E-state index in [-0.39, 0.29) is 35.3 Å². The van der Waals surface area contributed by atoms with Gasteiger partial charge in [0.15, 0.2) is 6.61 Å². The third-order valence-electron chi connectivity index (χ3n) is 6.42. The summed E-state index contributed by atoms with van der Waals surface area (Å²) in [6.45, 7) is 5.15. The Morgan fingerprint density at radius 2 is 1.87 bits per heavy atom. The number of hydrogen-bond acceptors (Lipinski definition) is 5. The minimum Gasteiger partial charge on any atom is -0.482 e. The number of carbonyl (C=O) groups is 2. The molecule has 0 radical (unpaired) electrons. The fourth-order valence-electron chi connectivity index (χ4n) is 4.64. The molecule has 0 saturated carbocycles. The van der Waals surface area contributed by atoms with Crippen molar-refractivity contribution < 1.29 is 22.7 Å². The number of rotatable bonds is 3. The van der Waals surface area contributed by atoms with Gasteiger partial charge >= 0.3 is 0 Å². The number of hydrogen-bond donors (Lipinski definition) is 1. The highest BCUT2D eigenvalue weighted by Crippen LogP contribution is 2.35. The molecule has 3 aliphatic heterocycles. The van der Waals surface area contributed by atoms with Crippen molar-refractivity contribution in [3.63, 3.8) is 0 Å². The molecule has 0 aliphatic carbocycles. The van der Waals surface area contributed by atoms with E-state index >= 15 is 0 Å². The summed E-state index contributed by atoms with van der Waals surface area (Å²) in [6, 6.07) is 3.39. The number of aryl methyl sites for hydroxylation is 1. The summed E-state index contributed by atoms with van der Waals surface area (Å²) in [4.78, 5) is 26.6. The number of carbonyl (C=O) groups excluding carboxylic acids is 2. The van der Waals surface area contributed by atoms with E-state index in [2.05, 4.69) is 12.2 Å². The molecule has 30 heavy (non-hydrogen) atoms. The van der Waals surface area contributed by atoms with Gasteiger partial charge < -0.3 is 15.0 Å². The van der Waals surface area contributed by atoms with Gasteiger partial charge in [-0.25, -0.2) is 8.42 Å².